The number of nitrogens with one attached hydrogen (secondary N) is 1. The van der Waals surface area contributed by atoms with E-state index in [0.717, 1.165) is 11.3 Å². The van der Waals surface area contributed by atoms with Crippen LogP contribution in [0.15, 0.2) is 24.3 Å². The summed E-state index contributed by atoms with van der Waals surface area (Å²) in [5.41, 5.74) is 1.69. The number of carboxylic acid groups (broad SMARTS) is 1. The average Bonchev–Trinajstić information content (AvgIpc) is 2.46. The van der Waals surface area contributed by atoms with Crippen molar-refractivity contribution < 1.29 is 24.2 Å². The Labute approximate surface area is 121 Å². The Bertz CT molecular complexity index is 572. The third kappa shape index (κ3) is 3.50. The van der Waals surface area contributed by atoms with E-state index >= 15 is 0 Å². The van der Waals surface area contributed by atoms with Crippen LogP contribution in [0.1, 0.15) is 5.56 Å². The summed E-state index contributed by atoms with van der Waals surface area (Å²) < 4.78 is 4.36. The van der Waals surface area contributed by atoms with Crippen LogP contribution in [0.25, 0.3) is 0 Å². The number of hydrogen-bond donors (Lipinski definition) is 2. The molecule has 21 heavy (non-hydrogen) atoms. The van der Waals surface area contributed by atoms with Crippen LogP contribution in [-0.4, -0.2) is 43.3 Å². The molecule has 0 radical (unpaired) electrons. The number of rotatable bonds is 3. The van der Waals surface area contributed by atoms with Crippen LogP contribution >= 0.6 is 0 Å². The SMILES string of the molecule is COC(=O)NC(=O)CN1CC(C(=O)O)Cc2ccccc21. The van der Waals surface area contributed by atoms with Crippen molar-refractivity contribution in [2.75, 3.05) is 25.1 Å². The zero-order chi connectivity index (χ0) is 15.4. The van der Waals surface area contributed by atoms with Crippen LogP contribution < -0.4 is 10.2 Å². The molecule has 7 nitrogen and oxygen atoms in total. The van der Waals surface area contributed by atoms with Crippen molar-refractivity contribution in [2.24, 2.45) is 5.92 Å². The smallest absolute Gasteiger partial charge is 0.413 e. The molecule has 1 atom stereocenters. The van der Waals surface area contributed by atoms with E-state index in [1.165, 1.54) is 7.11 Å². The lowest BCUT2D eigenvalue weighted by Crippen LogP contribution is -2.45. The maximum atomic E-state index is 11.8. The van der Waals surface area contributed by atoms with E-state index in [2.05, 4.69) is 10.1 Å². The number of amides is 2. The first-order valence-electron chi connectivity index (χ1n) is 6.44. The predicted octanol–water partition coefficient (Wildman–Crippen LogP) is 0.633. The summed E-state index contributed by atoms with van der Waals surface area (Å²) in [4.78, 5) is 35.7. The second-order valence-electron chi connectivity index (χ2n) is 4.79. The van der Waals surface area contributed by atoms with Gasteiger partial charge < -0.3 is 14.7 Å². The fraction of sp³-hybridized carbons (Fsp3) is 0.357. The van der Waals surface area contributed by atoms with Crippen molar-refractivity contribution in [2.45, 2.75) is 6.42 Å². The molecule has 0 saturated heterocycles. The molecule has 0 spiro atoms. The highest BCUT2D eigenvalue weighted by Gasteiger charge is 2.30. The van der Waals surface area contributed by atoms with Crippen molar-refractivity contribution in [3.63, 3.8) is 0 Å². The maximum absolute atomic E-state index is 11.8. The van der Waals surface area contributed by atoms with E-state index in [9.17, 15) is 19.5 Å². The molecule has 1 aliphatic heterocycles. The molecule has 2 rings (SSSR count). The normalized spacial score (nSPS) is 16.8. The van der Waals surface area contributed by atoms with Gasteiger partial charge in [-0.1, -0.05) is 18.2 Å². The van der Waals surface area contributed by atoms with Crippen molar-refractivity contribution in [1.29, 1.82) is 0 Å². The number of benzene rings is 1. The molecule has 112 valence electrons. The number of para-hydroxylation sites is 1. The molecule has 2 amide bonds. The van der Waals surface area contributed by atoms with Gasteiger partial charge in [0.15, 0.2) is 0 Å². The third-order valence-corrected chi connectivity index (χ3v) is 3.35. The van der Waals surface area contributed by atoms with Gasteiger partial charge in [0.25, 0.3) is 0 Å². The number of carboxylic acids is 1. The third-order valence-electron chi connectivity index (χ3n) is 3.35. The summed E-state index contributed by atoms with van der Waals surface area (Å²) in [5, 5.41) is 11.3. The number of aliphatic carboxylic acids is 1. The number of carbonyl (C=O) groups is 3. The van der Waals surface area contributed by atoms with Gasteiger partial charge in [0.1, 0.15) is 0 Å². The largest absolute Gasteiger partial charge is 0.481 e. The minimum atomic E-state index is -0.900. The second-order valence-corrected chi connectivity index (χ2v) is 4.79. The van der Waals surface area contributed by atoms with Crippen molar-refractivity contribution in [1.82, 2.24) is 5.32 Å². The molecule has 2 N–H and O–H groups in total. The van der Waals surface area contributed by atoms with E-state index in [1.54, 1.807) is 4.90 Å². The fourth-order valence-corrected chi connectivity index (χ4v) is 2.38. The minimum Gasteiger partial charge on any atom is -0.481 e. The van der Waals surface area contributed by atoms with Gasteiger partial charge in [0, 0.05) is 12.2 Å². The highest BCUT2D eigenvalue weighted by atomic mass is 16.5. The van der Waals surface area contributed by atoms with Gasteiger partial charge >= 0.3 is 12.1 Å². The first-order valence-corrected chi connectivity index (χ1v) is 6.44. The Kier molecular flexibility index (Phi) is 4.42. The van der Waals surface area contributed by atoms with Crippen LogP contribution in [0.4, 0.5) is 10.5 Å². The van der Waals surface area contributed by atoms with Crippen molar-refractivity contribution >= 4 is 23.7 Å². The van der Waals surface area contributed by atoms with Crippen LogP contribution in [0.5, 0.6) is 0 Å². The molecule has 1 aromatic rings. The number of carbonyl (C=O) groups excluding carboxylic acids is 2. The quantitative estimate of drug-likeness (QED) is 0.848. The summed E-state index contributed by atoms with van der Waals surface area (Å²) in [6, 6.07) is 7.33. The molecule has 1 unspecified atom stereocenters. The monoisotopic (exact) mass is 292 g/mol. The van der Waals surface area contributed by atoms with Gasteiger partial charge in [0.05, 0.1) is 19.6 Å². The molecule has 0 bridgehead atoms. The molecular formula is C14H16N2O5. The molecule has 0 aliphatic carbocycles. The van der Waals surface area contributed by atoms with E-state index < -0.39 is 23.9 Å². The molecule has 0 saturated carbocycles. The van der Waals surface area contributed by atoms with Crippen molar-refractivity contribution in [3.8, 4) is 0 Å². The molecule has 1 aromatic carbocycles. The van der Waals surface area contributed by atoms with Gasteiger partial charge in [-0.05, 0) is 18.1 Å². The van der Waals surface area contributed by atoms with E-state index in [-0.39, 0.29) is 13.1 Å². The van der Waals surface area contributed by atoms with E-state index in [0.29, 0.717) is 6.42 Å². The molecule has 0 fully saturated rings. The Morgan fingerprint density at radius 2 is 2.10 bits per heavy atom. The summed E-state index contributed by atoms with van der Waals surface area (Å²) in [6.45, 7) is 0.122. The van der Waals surface area contributed by atoms with Crippen LogP contribution in [-0.2, 0) is 20.7 Å². The standard InChI is InChI=1S/C14H16N2O5/c1-21-14(20)15-12(17)8-16-7-10(13(18)19)6-9-4-2-3-5-11(9)16/h2-5,10H,6-8H2,1H3,(H,18,19)(H,15,17,20). The van der Waals surface area contributed by atoms with E-state index in [1.807, 2.05) is 24.3 Å². The lowest BCUT2D eigenvalue weighted by molar-refractivity contribution is -0.141. The summed E-state index contributed by atoms with van der Waals surface area (Å²) in [5.74, 6) is -2.02. The zero-order valence-corrected chi connectivity index (χ0v) is 11.5. The van der Waals surface area contributed by atoms with Gasteiger partial charge in [-0.3, -0.25) is 14.9 Å². The van der Waals surface area contributed by atoms with Crippen LogP contribution in [0, 0.1) is 5.92 Å². The van der Waals surface area contributed by atoms with Gasteiger partial charge in [-0.2, -0.15) is 0 Å². The number of alkyl carbamates (subject to hydrolysis) is 1. The van der Waals surface area contributed by atoms with Gasteiger partial charge in [0.2, 0.25) is 5.91 Å². The first kappa shape index (κ1) is 14.8. The summed E-state index contributed by atoms with van der Waals surface area (Å²) in [6.07, 6.45) is -0.402. The highest BCUT2D eigenvalue weighted by Crippen LogP contribution is 2.29. The predicted molar refractivity (Wildman–Crippen MR) is 74.0 cm³/mol. The second kappa shape index (κ2) is 6.25. The average molecular weight is 292 g/mol. The summed E-state index contributed by atoms with van der Waals surface area (Å²) in [7, 11) is 1.17. The molecule has 0 aromatic heterocycles. The number of ether oxygens (including phenoxy) is 1. The summed E-state index contributed by atoms with van der Waals surface area (Å²) >= 11 is 0. The number of nitrogens with zero attached hydrogens (tertiary/aromatic N) is 1. The van der Waals surface area contributed by atoms with Crippen LogP contribution in [0.2, 0.25) is 0 Å². The van der Waals surface area contributed by atoms with Gasteiger partial charge in [-0.15, -0.1) is 0 Å². The number of anilines is 1. The molecule has 1 heterocycles. The molecule has 1 aliphatic rings. The number of hydrogen-bond acceptors (Lipinski definition) is 5. The van der Waals surface area contributed by atoms with E-state index in [4.69, 9.17) is 0 Å². The highest BCUT2D eigenvalue weighted by molar-refractivity contribution is 5.94. The molecular weight excluding hydrogens is 276 g/mol. The molecule has 7 heteroatoms. The first-order chi connectivity index (χ1) is 10.0. The number of fused-ring (bicyclic) bond motifs is 1. The van der Waals surface area contributed by atoms with Gasteiger partial charge in [-0.25, -0.2) is 4.79 Å². The minimum absolute atomic E-state index is 0.101. The van der Waals surface area contributed by atoms with Crippen molar-refractivity contribution in [3.05, 3.63) is 29.8 Å². The number of methoxy groups -OCH3 is 1. The maximum Gasteiger partial charge on any atom is 0.413 e. The lowest BCUT2D eigenvalue weighted by atomic mass is 9.92. The lowest BCUT2D eigenvalue weighted by Gasteiger charge is -2.33. The van der Waals surface area contributed by atoms with Crippen LogP contribution in [0.3, 0.4) is 0 Å². The Hall–Kier alpha value is -2.57. The Morgan fingerprint density at radius 1 is 1.38 bits per heavy atom. The Balaban J connectivity index is 2.15. The fourth-order valence-electron chi connectivity index (χ4n) is 2.38. The Morgan fingerprint density at radius 3 is 2.76 bits per heavy atom. The topological polar surface area (TPSA) is 95.9 Å². The number of imide groups is 1. The zero-order valence-electron chi connectivity index (χ0n) is 11.5.